The summed E-state index contributed by atoms with van der Waals surface area (Å²) in [5.41, 5.74) is 0. The molecule has 2 atom stereocenters. The predicted molar refractivity (Wildman–Crippen MR) is 54.5 cm³/mol. The van der Waals surface area contributed by atoms with E-state index >= 15 is 0 Å². The predicted octanol–water partition coefficient (Wildman–Crippen LogP) is -3.47. The molecule has 4 heteroatoms. The minimum Gasteiger partial charge on any atom is -0.388 e. The van der Waals surface area contributed by atoms with Gasteiger partial charge in [-0.15, -0.1) is 0 Å². The fourth-order valence-corrected chi connectivity index (χ4v) is 2.20. The number of aliphatic hydroxyl groups excluding tert-OH is 2. The Morgan fingerprint density at radius 3 is 1.36 bits per heavy atom. The molecule has 0 unspecified atom stereocenters. The van der Waals surface area contributed by atoms with E-state index in [0.717, 1.165) is 39.3 Å². The Kier molecular flexibility index (Phi) is 4.81. The maximum absolute atomic E-state index is 9.25. The molecule has 1 saturated heterocycles. The van der Waals surface area contributed by atoms with Crippen LogP contribution in [0.1, 0.15) is 13.8 Å². The van der Waals surface area contributed by atoms with Gasteiger partial charge in [0.1, 0.15) is 51.5 Å². The molecule has 14 heavy (non-hydrogen) atoms. The normalized spacial score (nSPS) is 32.6. The van der Waals surface area contributed by atoms with Crippen LogP contribution in [0.5, 0.6) is 0 Å². The van der Waals surface area contributed by atoms with Crippen LogP contribution in [-0.2, 0) is 0 Å². The van der Waals surface area contributed by atoms with E-state index in [0.29, 0.717) is 0 Å². The quantitative estimate of drug-likeness (QED) is 0.385. The van der Waals surface area contributed by atoms with Gasteiger partial charge in [0.15, 0.2) is 0 Å². The smallest absolute Gasteiger partial charge is 0.127 e. The standard InChI is InChI=1S/C10H22N2O2/c1-9(13)7-11-3-5-12(6-4-11)8-10(2)14/h9-10,13-14H,3-8H2,1-2H3/p+2/t9-,10-/m0/s1. The fourth-order valence-electron chi connectivity index (χ4n) is 2.20. The molecular weight excluding hydrogens is 180 g/mol. The third-order valence-electron chi connectivity index (χ3n) is 2.83. The van der Waals surface area contributed by atoms with Crippen LogP contribution in [0.2, 0.25) is 0 Å². The van der Waals surface area contributed by atoms with Gasteiger partial charge in [0.2, 0.25) is 0 Å². The third-order valence-corrected chi connectivity index (χ3v) is 2.83. The summed E-state index contributed by atoms with van der Waals surface area (Å²) < 4.78 is 0. The Balaban J connectivity index is 2.17. The summed E-state index contributed by atoms with van der Waals surface area (Å²) in [5, 5.41) is 18.5. The van der Waals surface area contributed by atoms with Crippen LogP contribution in [-0.4, -0.2) is 61.7 Å². The molecule has 0 aromatic heterocycles. The molecule has 0 aliphatic carbocycles. The van der Waals surface area contributed by atoms with Crippen molar-refractivity contribution in [1.29, 1.82) is 0 Å². The van der Waals surface area contributed by atoms with E-state index in [9.17, 15) is 10.2 Å². The summed E-state index contributed by atoms with van der Waals surface area (Å²) in [6.07, 6.45) is -0.383. The Hall–Kier alpha value is -0.160. The van der Waals surface area contributed by atoms with Crippen molar-refractivity contribution in [3.05, 3.63) is 0 Å². The zero-order valence-corrected chi connectivity index (χ0v) is 9.29. The zero-order chi connectivity index (χ0) is 10.6. The van der Waals surface area contributed by atoms with Crippen molar-refractivity contribution in [2.24, 2.45) is 0 Å². The van der Waals surface area contributed by atoms with Gasteiger partial charge in [-0.3, -0.25) is 0 Å². The summed E-state index contributed by atoms with van der Waals surface area (Å²) in [7, 11) is 0. The first-order valence-electron chi connectivity index (χ1n) is 5.61. The maximum atomic E-state index is 9.25. The second-order valence-electron chi connectivity index (χ2n) is 4.61. The molecule has 0 saturated carbocycles. The minimum atomic E-state index is -0.191. The largest absolute Gasteiger partial charge is 0.388 e. The van der Waals surface area contributed by atoms with Gasteiger partial charge in [-0.05, 0) is 13.8 Å². The molecule has 1 heterocycles. The van der Waals surface area contributed by atoms with Gasteiger partial charge in [-0.1, -0.05) is 0 Å². The van der Waals surface area contributed by atoms with Gasteiger partial charge in [0.05, 0.1) is 0 Å². The second kappa shape index (κ2) is 5.66. The molecule has 0 spiro atoms. The van der Waals surface area contributed by atoms with E-state index in [1.165, 1.54) is 9.80 Å². The highest BCUT2D eigenvalue weighted by molar-refractivity contribution is 4.46. The van der Waals surface area contributed by atoms with E-state index in [4.69, 9.17) is 0 Å². The molecule has 1 fully saturated rings. The number of rotatable bonds is 4. The molecule has 4 N–H and O–H groups in total. The lowest BCUT2D eigenvalue weighted by molar-refractivity contribution is -1.01. The second-order valence-corrected chi connectivity index (χ2v) is 4.61. The first-order chi connectivity index (χ1) is 6.58. The molecular formula is C10H24N2O2+2. The van der Waals surface area contributed by atoms with Crippen LogP contribution < -0.4 is 9.80 Å². The van der Waals surface area contributed by atoms with E-state index < -0.39 is 0 Å². The van der Waals surface area contributed by atoms with Gasteiger partial charge in [-0.25, -0.2) is 0 Å². The Bertz CT molecular complexity index is 136. The van der Waals surface area contributed by atoms with E-state index in [1.807, 2.05) is 13.8 Å². The lowest BCUT2D eigenvalue weighted by Gasteiger charge is -2.30. The molecule has 0 bridgehead atoms. The number of quaternary nitrogens is 2. The highest BCUT2D eigenvalue weighted by Crippen LogP contribution is 1.73. The van der Waals surface area contributed by atoms with Crippen LogP contribution in [0.3, 0.4) is 0 Å². The molecule has 0 aromatic carbocycles. The average Bonchev–Trinajstić information content (AvgIpc) is 2.06. The van der Waals surface area contributed by atoms with Crippen molar-refractivity contribution in [2.75, 3.05) is 39.3 Å². The molecule has 1 aliphatic rings. The summed E-state index contributed by atoms with van der Waals surface area (Å²) in [6, 6.07) is 0. The summed E-state index contributed by atoms with van der Waals surface area (Å²) >= 11 is 0. The van der Waals surface area contributed by atoms with Crippen LogP contribution in [0, 0.1) is 0 Å². The molecule has 4 nitrogen and oxygen atoms in total. The van der Waals surface area contributed by atoms with Gasteiger partial charge in [-0.2, -0.15) is 0 Å². The number of hydrogen-bond donors (Lipinski definition) is 4. The molecule has 0 radical (unpaired) electrons. The monoisotopic (exact) mass is 204 g/mol. The van der Waals surface area contributed by atoms with Gasteiger partial charge in [0.25, 0.3) is 0 Å². The van der Waals surface area contributed by atoms with Crippen molar-refractivity contribution < 1.29 is 20.0 Å². The fraction of sp³-hybridized carbons (Fsp3) is 1.00. The molecule has 1 aliphatic heterocycles. The van der Waals surface area contributed by atoms with Crippen molar-refractivity contribution in [3.8, 4) is 0 Å². The molecule has 1 rings (SSSR count). The van der Waals surface area contributed by atoms with Crippen LogP contribution in [0.15, 0.2) is 0 Å². The van der Waals surface area contributed by atoms with Crippen LogP contribution in [0.25, 0.3) is 0 Å². The Morgan fingerprint density at radius 1 is 0.857 bits per heavy atom. The topological polar surface area (TPSA) is 49.3 Å². The van der Waals surface area contributed by atoms with Gasteiger partial charge >= 0.3 is 0 Å². The first-order valence-corrected chi connectivity index (χ1v) is 5.61. The van der Waals surface area contributed by atoms with Gasteiger partial charge in [0, 0.05) is 0 Å². The number of nitrogens with one attached hydrogen (secondary N) is 2. The average molecular weight is 204 g/mol. The lowest BCUT2D eigenvalue weighted by atomic mass is 10.2. The molecule has 84 valence electrons. The Labute approximate surface area is 86.1 Å². The summed E-state index contributed by atoms with van der Waals surface area (Å²) in [6.45, 7) is 9.90. The van der Waals surface area contributed by atoms with Crippen LogP contribution in [0.4, 0.5) is 0 Å². The van der Waals surface area contributed by atoms with Crippen molar-refractivity contribution >= 4 is 0 Å². The van der Waals surface area contributed by atoms with Gasteiger partial charge < -0.3 is 20.0 Å². The number of piperazine rings is 1. The minimum absolute atomic E-state index is 0.191. The Morgan fingerprint density at radius 2 is 1.14 bits per heavy atom. The van der Waals surface area contributed by atoms with E-state index in [2.05, 4.69) is 0 Å². The van der Waals surface area contributed by atoms with Crippen molar-refractivity contribution in [3.63, 3.8) is 0 Å². The lowest BCUT2D eigenvalue weighted by Crippen LogP contribution is -3.28. The molecule has 0 amide bonds. The molecule has 0 aromatic rings. The van der Waals surface area contributed by atoms with Crippen molar-refractivity contribution in [1.82, 2.24) is 0 Å². The third kappa shape index (κ3) is 4.37. The van der Waals surface area contributed by atoms with Crippen molar-refractivity contribution in [2.45, 2.75) is 26.1 Å². The van der Waals surface area contributed by atoms with E-state index in [1.54, 1.807) is 0 Å². The first kappa shape index (κ1) is 11.9. The maximum Gasteiger partial charge on any atom is 0.127 e. The number of hydrogen-bond acceptors (Lipinski definition) is 2. The highest BCUT2D eigenvalue weighted by atomic mass is 16.3. The summed E-state index contributed by atoms with van der Waals surface area (Å²) in [4.78, 5) is 2.99. The van der Waals surface area contributed by atoms with E-state index in [-0.39, 0.29) is 12.2 Å². The highest BCUT2D eigenvalue weighted by Gasteiger charge is 2.24. The zero-order valence-electron chi connectivity index (χ0n) is 9.29. The SMILES string of the molecule is C[C@H](O)C[NH+]1CC[NH+](C[C@H](C)O)CC1. The van der Waals surface area contributed by atoms with Crippen LogP contribution >= 0.6 is 0 Å². The summed E-state index contributed by atoms with van der Waals surface area (Å²) in [5.74, 6) is 0. The number of aliphatic hydroxyl groups is 2.